The molecule has 1 aromatic carbocycles. The van der Waals surface area contributed by atoms with Crippen molar-refractivity contribution < 1.29 is 19.6 Å². The number of carbonyl (C=O) groups is 1. The molecule has 108 valence electrons. The van der Waals surface area contributed by atoms with E-state index in [1.54, 1.807) is 19.9 Å². The van der Waals surface area contributed by atoms with Gasteiger partial charge in [0.25, 0.3) is 5.69 Å². The minimum absolute atomic E-state index is 0.0109. The highest BCUT2D eigenvalue weighted by Gasteiger charge is 2.46. The summed E-state index contributed by atoms with van der Waals surface area (Å²) in [5.41, 5.74) is 0.378. The molecule has 1 heterocycles. The second-order valence-corrected chi connectivity index (χ2v) is 5.19. The van der Waals surface area contributed by atoms with Crippen LogP contribution in [0.4, 0.5) is 11.4 Å². The molecule has 20 heavy (non-hydrogen) atoms. The number of aliphatic carboxylic acids is 1. The number of nitro benzene ring substituents is 1. The summed E-state index contributed by atoms with van der Waals surface area (Å²) in [5, 5.41) is 23.1. The maximum absolute atomic E-state index is 11.3. The molecule has 1 aliphatic heterocycles. The summed E-state index contributed by atoms with van der Waals surface area (Å²) in [6, 6.07) is 4.06. The highest BCUT2D eigenvalue weighted by molar-refractivity contribution is 5.77. The van der Waals surface area contributed by atoms with Gasteiger partial charge in [-0.2, -0.15) is 0 Å². The molecule has 2 rings (SSSR count). The first-order valence-corrected chi connectivity index (χ1v) is 6.17. The number of benzene rings is 1. The molecule has 7 nitrogen and oxygen atoms in total. The zero-order chi connectivity index (χ0) is 14.9. The number of hydrogen-bond acceptors (Lipinski definition) is 5. The molecule has 1 saturated heterocycles. The lowest BCUT2D eigenvalue weighted by molar-refractivity contribution is -0.384. The van der Waals surface area contributed by atoms with Crippen LogP contribution in [0.5, 0.6) is 0 Å². The molecule has 0 amide bonds. The molecular formula is C13H16N2O5. The van der Waals surface area contributed by atoms with Gasteiger partial charge >= 0.3 is 5.97 Å². The van der Waals surface area contributed by atoms with Crippen LogP contribution in [-0.4, -0.2) is 35.3 Å². The van der Waals surface area contributed by atoms with Crippen LogP contribution in [0.15, 0.2) is 18.2 Å². The number of ether oxygens (including phenoxy) is 1. The van der Waals surface area contributed by atoms with Crippen molar-refractivity contribution in [2.24, 2.45) is 5.41 Å². The maximum Gasteiger partial charge on any atom is 0.313 e. The molecule has 2 atom stereocenters. The van der Waals surface area contributed by atoms with E-state index in [0.29, 0.717) is 17.9 Å². The van der Waals surface area contributed by atoms with Crippen LogP contribution in [0.3, 0.4) is 0 Å². The van der Waals surface area contributed by atoms with E-state index < -0.39 is 16.3 Å². The Kier molecular flexibility index (Phi) is 3.63. The zero-order valence-electron chi connectivity index (χ0n) is 11.3. The zero-order valence-corrected chi connectivity index (χ0v) is 11.3. The van der Waals surface area contributed by atoms with E-state index in [1.807, 2.05) is 0 Å². The van der Waals surface area contributed by atoms with Crippen LogP contribution in [0.1, 0.15) is 12.5 Å². The van der Waals surface area contributed by atoms with E-state index >= 15 is 0 Å². The Balaban J connectivity index is 2.22. The number of aryl methyl sites for hydroxylation is 1. The summed E-state index contributed by atoms with van der Waals surface area (Å²) in [6.07, 6.45) is 0. The van der Waals surface area contributed by atoms with Crippen molar-refractivity contribution in [2.45, 2.75) is 19.9 Å². The van der Waals surface area contributed by atoms with Gasteiger partial charge in [0.2, 0.25) is 0 Å². The number of nitrogens with one attached hydrogen (secondary N) is 1. The summed E-state index contributed by atoms with van der Waals surface area (Å²) in [6.45, 7) is 3.80. The molecule has 1 fully saturated rings. The molecule has 0 bridgehead atoms. The molecular weight excluding hydrogens is 264 g/mol. The minimum Gasteiger partial charge on any atom is -0.481 e. The predicted molar refractivity (Wildman–Crippen MR) is 71.8 cm³/mol. The van der Waals surface area contributed by atoms with Crippen LogP contribution in [0.2, 0.25) is 0 Å². The topological polar surface area (TPSA) is 102 Å². The van der Waals surface area contributed by atoms with Gasteiger partial charge in [-0.25, -0.2) is 0 Å². The molecule has 0 saturated carbocycles. The summed E-state index contributed by atoms with van der Waals surface area (Å²) in [7, 11) is 0. The molecule has 7 heteroatoms. The third-order valence-corrected chi connectivity index (χ3v) is 3.69. The molecule has 0 aromatic heterocycles. The first kappa shape index (κ1) is 14.3. The molecule has 2 unspecified atom stereocenters. The van der Waals surface area contributed by atoms with Gasteiger partial charge in [0, 0.05) is 17.8 Å². The number of carboxylic acids is 1. The fourth-order valence-electron chi connectivity index (χ4n) is 2.20. The second kappa shape index (κ2) is 5.09. The molecule has 1 aliphatic rings. The fourth-order valence-corrected chi connectivity index (χ4v) is 2.20. The largest absolute Gasteiger partial charge is 0.481 e. The third-order valence-electron chi connectivity index (χ3n) is 3.69. The third kappa shape index (κ3) is 2.44. The number of non-ortho nitro benzene ring substituents is 1. The minimum atomic E-state index is -1.01. The van der Waals surface area contributed by atoms with E-state index in [-0.39, 0.29) is 18.3 Å². The Hall–Kier alpha value is -2.15. The van der Waals surface area contributed by atoms with Gasteiger partial charge in [-0.1, -0.05) is 0 Å². The first-order valence-electron chi connectivity index (χ1n) is 6.17. The summed E-state index contributed by atoms with van der Waals surface area (Å²) in [5.74, 6) is -0.924. The van der Waals surface area contributed by atoms with Gasteiger partial charge in [0.05, 0.1) is 24.2 Å². The number of nitro groups is 1. The van der Waals surface area contributed by atoms with Gasteiger partial charge in [-0.05, 0) is 25.5 Å². The average Bonchev–Trinajstić information content (AvgIpc) is 2.74. The summed E-state index contributed by atoms with van der Waals surface area (Å²) in [4.78, 5) is 21.6. The predicted octanol–water partition coefficient (Wildman–Crippen LogP) is 1.80. The van der Waals surface area contributed by atoms with Gasteiger partial charge < -0.3 is 15.2 Å². The molecule has 0 aliphatic carbocycles. The Labute approximate surface area is 115 Å². The average molecular weight is 280 g/mol. The van der Waals surface area contributed by atoms with E-state index in [0.717, 1.165) is 0 Å². The number of rotatable bonds is 4. The summed E-state index contributed by atoms with van der Waals surface area (Å²) >= 11 is 0. The Morgan fingerprint density at radius 2 is 2.30 bits per heavy atom. The Morgan fingerprint density at radius 1 is 1.60 bits per heavy atom. The van der Waals surface area contributed by atoms with Crippen LogP contribution < -0.4 is 5.32 Å². The van der Waals surface area contributed by atoms with Crippen molar-refractivity contribution >= 4 is 17.3 Å². The van der Waals surface area contributed by atoms with Crippen molar-refractivity contribution in [3.8, 4) is 0 Å². The normalized spacial score (nSPS) is 25.4. The molecule has 1 aromatic rings. The van der Waals surface area contributed by atoms with E-state index in [4.69, 9.17) is 4.74 Å². The highest BCUT2D eigenvalue weighted by atomic mass is 16.6. The van der Waals surface area contributed by atoms with Crippen LogP contribution in [0, 0.1) is 22.5 Å². The lowest BCUT2D eigenvalue weighted by Gasteiger charge is -2.27. The van der Waals surface area contributed by atoms with Crippen molar-refractivity contribution in [1.29, 1.82) is 0 Å². The smallest absolute Gasteiger partial charge is 0.313 e. The number of carboxylic acid groups (broad SMARTS) is 1. The number of nitrogens with zero attached hydrogens (tertiary/aromatic N) is 1. The standard InChI is InChI=1S/C13H16N2O5/c1-8-5-9(15(18)19)3-4-10(8)14-11-6-20-7-13(11,2)12(16)17/h3-5,11,14H,6-7H2,1-2H3,(H,16,17). The van der Waals surface area contributed by atoms with Gasteiger partial charge in [0.15, 0.2) is 0 Å². The van der Waals surface area contributed by atoms with E-state index in [1.165, 1.54) is 12.1 Å². The molecule has 2 N–H and O–H groups in total. The molecule has 0 spiro atoms. The van der Waals surface area contributed by atoms with Crippen molar-refractivity contribution in [3.63, 3.8) is 0 Å². The van der Waals surface area contributed by atoms with E-state index in [9.17, 15) is 20.0 Å². The maximum atomic E-state index is 11.3. The quantitative estimate of drug-likeness (QED) is 0.644. The lowest BCUT2D eigenvalue weighted by Crippen LogP contribution is -2.43. The van der Waals surface area contributed by atoms with Crippen molar-refractivity contribution in [3.05, 3.63) is 33.9 Å². The second-order valence-electron chi connectivity index (χ2n) is 5.19. The van der Waals surface area contributed by atoms with Gasteiger partial charge in [0.1, 0.15) is 5.41 Å². The van der Waals surface area contributed by atoms with Gasteiger partial charge in [-0.15, -0.1) is 0 Å². The van der Waals surface area contributed by atoms with Crippen LogP contribution in [0.25, 0.3) is 0 Å². The summed E-state index contributed by atoms with van der Waals surface area (Å²) < 4.78 is 5.26. The fraction of sp³-hybridized carbons (Fsp3) is 0.462. The van der Waals surface area contributed by atoms with Crippen molar-refractivity contribution in [1.82, 2.24) is 0 Å². The number of hydrogen-bond donors (Lipinski definition) is 2. The van der Waals surface area contributed by atoms with Gasteiger partial charge in [-0.3, -0.25) is 14.9 Å². The monoisotopic (exact) mass is 280 g/mol. The SMILES string of the molecule is Cc1cc([N+](=O)[O-])ccc1NC1COCC1(C)C(=O)O. The Morgan fingerprint density at radius 3 is 2.85 bits per heavy atom. The van der Waals surface area contributed by atoms with E-state index in [2.05, 4.69) is 5.32 Å². The van der Waals surface area contributed by atoms with Crippen LogP contribution >= 0.6 is 0 Å². The number of anilines is 1. The molecule has 0 radical (unpaired) electrons. The lowest BCUT2D eigenvalue weighted by atomic mass is 9.85. The first-order chi connectivity index (χ1) is 9.34. The van der Waals surface area contributed by atoms with Crippen LogP contribution in [-0.2, 0) is 9.53 Å². The Bertz CT molecular complexity index is 560. The van der Waals surface area contributed by atoms with Crippen molar-refractivity contribution in [2.75, 3.05) is 18.5 Å². The highest BCUT2D eigenvalue weighted by Crippen LogP contribution is 2.32.